The average Bonchev–Trinajstić information content (AvgIpc) is 3.41. The summed E-state index contributed by atoms with van der Waals surface area (Å²) in [4.78, 5) is 13.7. The lowest BCUT2D eigenvalue weighted by Gasteiger charge is -2.13. The van der Waals surface area contributed by atoms with Crippen LogP contribution in [0.4, 0.5) is 5.69 Å². The molecular formula is C18H18N4O3S2. The molecule has 0 spiro atoms. The van der Waals surface area contributed by atoms with Crippen LogP contribution >= 0.6 is 23.1 Å². The number of nitrogens with zero attached hydrogens (tertiary/aromatic N) is 3. The highest BCUT2D eigenvalue weighted by Gasteiger charge is 2.21. The molecule has 2 aromatic heterocycles. The summed E-state index contributed by atoms with van der Waals surface area (Å²) in [6.07, 6.45) is 0. The molecule has 4 rings (SSSR count). The first kappa shape index (κ1) is 17.9. The van der Waals surface area contributed by atoms with E-state index in [4.69, 9.17) is 9.47 Å². The molecule has 1 aromatic carbocycles. The molecule has 1 amide bonds. The van der Waals surface area contributed by atoms with Crippen molar-refractivity contribution in [2.45, 2.75) is 30.8 Å². The van der Waals surface area contributed by atoms with Gasteiger partial charge in [0.15, 0.2) is 22.5 Å². The lowest BCUT2D eigenvalue weighted by atomic mass is 10.2. The van der Waals surface area contributed by atoms with Crippen LogP contribution in [-0.4, -0.2) is 32.7 Å². The first-order valence-corrected chi connectivity index (χ1v) is 10.3. The van der Waals surface area contributed by atoms with Crippen LogP contribution < -0.4 is 14.8 Å². The van der Waals surface area contributed by atoms with Gasteiger partial charge in [0, 0.05) is 18.3 Å². The molecule has 0 aliphatic carbocycles. The molecule has 140 valence electrons. The van der Waals surface area contributed by atoms with E-state index in [2.05, 4.69) is 15.5 Å². The molecule has 0 unspecified atom stereocenters. The molecule has 0 saturated carbocycles. The summed E-state index contributed by atoms with van der Waals surface area (Å²) in [7, 11) is 0. The van der Waals surface area contributed by atoms with Crippen LogP contribution in [0.25, 0.3) is 10.7 Å². The molecule has 0 radical (unpaired) electrons. The van der Waals surface area contributed by atoms with Gasteiger partial charge in [-0.05, 0) is 37.4 Å². The highest BCUT2D eigenvalue weighted by Crippen LogP contribution is 2.35. The van der Waals surface area contributed by atoms with Gasteiger partial charge >= 0.3 is 0 Å². The predicted molar refractivity (Wildman–Crippen MR) is 106 cm³/mol. The van der Waals surface area contributed by atoms with Crippen molar-refractivity contribution in [1.82, 2.24) is 14.8 Å². The normalized spacial score (nSPS) is 13.6. The molecule has 7 nitrogen and oxygen atoms in total. The maximum Gasteiger partial charge on any atom is 0.237 e. The van der Waals surface area contributed by atoms with Crippen molar-refractivity contribution >= 4 is 34.7 Å². The van der Waals surface area contributed by atoms with Crippen LogP contribution in [0.1, 0.15) is 13.8 Å². The molecule has 27 heavy (non-hydrogen) atoms. The number of hydrogen-bond donors (Lipinski definition) is 1. The van der Waals surface area contributed by atoms with Gasteiger partial charge in [-0.25, -0.2) is 0 Å². The average molecular weight is 403 g/mol. The number of anilines is 1. The molecule has 3 aromatic rings. The van der Waals surface area contributed by atoms with E-state index in [0.29, 0.717) is 17.2 Å². The zero-order valence-corrected chi connectivity index (χ0v) is 16.5. The topological polar surface area (TPSA) is 78.3 Å². The molecule has 0 saturated heterocycles. The number of ether oxygens (including phenoxy) is 2. The molecule has 1 aliphatic heterocycles. The van der Waals surface area contributed by atoms with Gasteiger partial charge in [-0.3, -0.25) is 4.79 Å². The number of carbonyl (C=O) groups is 1. The Morgan fingerprint density at radius 3 is 2.96 bits per heavy atom. The van der Waals surface area contributed by atoms with Crippen LogP contribution in [0.5, 0.6) is 11.5 Å². The maximum absolute atomic E-state index is 12.6. The third-order valence-electron chi connectivity index (χ3n) is 4.07. The van der Waals surface area contributed by atoms with E-state index >= 15 is 0 Å². The van der Waals surface area contributed by atoms with Gasteiger partial charge in [0.1, 0.15) is 0 Å². The van der Waals surface area contributed by atoms with Gasteiger partial charge in [-0.2, -0.15) is 0 Å². The van der Waals surface area contributed by atoms with Crippen LogP contribution in [0.2, 0.25) is 0 Å². The van der Waals surface area contributed by atoms with Crippen molar-refractivity contribution < 1.29 is 14.3 Å². The SMILES string of the molecule is CCn1c(S[C@@H](C)C(=O)Nc2ccc3c(c2)OCO3)nnc1-c1cccs1. The van der Waals surface area contributed by atoms with E-state index in [0.717, 1.165) is 22.4 Å². The Balaban J connectivity index is 1.46. The van der Waals surface area contributed by atoms with Gasteiger partial charge in [0.05, 0.1) is 10.1 Å². The van der Waals surface area contributed by atoms with E-state index in [1.807, 2.05) is 35.9 Å². The third kappa shape index (κ3) is 3.65. The van der Waals surface area contributed by atoms with Gasteiger partial charge < -0.3 is 19.4 Å². The Bertz CT molecular complexity index is 956. The van der Waals surface area contributed by atoms with Gasteiger partial charge in [-0.1, -0.05) is 17.8 Å². The zero-order valence-electron chi connectivity index (χ0n) is 14.8. The molecule has 9 heteroatoms. The minimum atomic E-state index is -0.332. The number of benzene rings is 1. The second kappa shape index (κ2) is 7.61. The number of carbonyl (C=O) groups excluding carboxylic acids is 1. The largest absolute Gasteiger partial charge is 0.454 e. The number of rotatable bonds is 6. The van der Waals surface area contributed by atoms with E-state index in [-0.39, 0.29) is 18.0 Å². The quantitative estimate of drug-likeness (QED) is 0.631. The van der Waals surface area contributed by atoms with Crippen molar-refractivity contribution in [3.05, 3.63) is 35.7 Å². The Morgan fingerprint density at radius 1 is 1.33 bits per heavy atom. The Morgan fingerprint density at radius 2 is 2.19 bits per heavy atom. The highest BCUT2D eigenvalue weighted by atomic mass is 32.2. The van der Waals surface area contributed by atoms with Gasteiger partial charge in [-0.15, -0.1) is 21.5 Å². The smallest absolute Gasteiger partial charge is 0.237 e. The number of thiophene rings is 1. The number of aromatic nitrogens is 3. The predicted octanol–water partition coefficient (Wildman–Crippen LogP) is 3.87. The Labute approximate surface area is 164 Å². The summed E-state index contributed by atoms with van der Waals surface area (Å²) in [6, 6.07) is 9.36. The number of nitrogens with one attached hydrogen (secondary N) is 1. The van der Waals surface area contributed by atoms with Crippen LogP contribution in [0.15, 0.2) is 40.9 Å². The second-order valence-electron chi connectivity index (χ2n) is 5.85. The fourth-order valence-corrected chi connectivity index (χ4v) is 4.31. The number of fused-ring (bicyclic) bond motifs is 1. The van der Waals surface area contributed by atoms with Gasteiger partial charge in [0.25, 0.3) is 0 Å². The van der Waals surface area contributed by atoms with Crippen molar-refractivity contribution in [2.24, 2.45) is 0 Å². The minimum absolute atomic E-state index is 0.109. The number of amides is 1. The van der Waals surface area contributed by atoms with Crippen LogP contribution in [0, 0.1) is 0 Å². The first-order valence-electron chi connectivity index (χ1n) is 8.50. The van der Waals surface area contributed by atoms with Crippen LogP contribution in [-0.2, 0) is 11.3 Å². The first-order chi connectivity index (χ1) is 13.2. The molecule has 1 aliphatic rings. The molecule has 3 heterocycles. The standard InChI is InChI=1S/C18H18N4O3S2/c1-3-22-16(15-5-4-8-26-15)20-21-18(22)27-11(2)17(23)19-12-6-7-13-14(9-12)25-10-24-13/h4-9,11H,3,10H2,1-2H3,(H,19,23)/t11-/m0/s1. The number of thioether (sulfide) groups is 1. The Hall–Kier alpha value is -2.52. The summed E-state index contributed by atoms with van der Waals surface area (Å²) in [5, 5.41) is 13.9. The lowest BCUT2D eigenvalue weighted by Crippen LogP contribution is -2.22. The fourth-order valence-electron chi connectivity index (χ4n) is 2.68. The zero-order chi connectivity index (χ0) is 18.8. The summed E-state index contributed by atoms with van der Waals surface area (Å²) >= 11 is 3.01. The molecule has 1 N–H and O–H groups in total. The molecular weight excluding hydrogens is 384 g/mol. The van der Waals surface area contributed by atoms with E-state index in [1.165, 1.54) is 11.8 Å². The highest BCUT2D eigenvalue weighted by molar-refractivity contribution is 8.00. The van der Waals surface area contributed by atoms with Crippen molar-refractivity contribution in [3.8, 4) is 22.2 Å². The van der Waals surface area contributed by atoms with E-state index < -0.39 is 0 Å². The van der Waals surface area contributed by atoms with E-state index in [1.54, 1.807) is 29.5 Å². The summed E-state index contributed by atoms with van der Waals surface area (Å²) in [6.45, 7) is 4.84. The summed E-state index contributed by atoms with van der Waals surface area (Å²) < 4.78 is 12.7. The van der Waals surface area contributed by atoms with Crippen LogP contribution in [0.3, 0.4) is 0 Å². The molecule has 1 atom stereocenters. The lowest BCUT2D eigenvalue weighted by molar-refractivity contribution is -0.115. The van der Waals surface area contributed by atoms with E-state index in [9.17, 15) is 4.79 Å². The Kier molecular flexibility index (Phi) is 5.04. The van der Waals surface area contributed by atoms with Gasteiger partial charge in [0.2, 0.25) is 12.7 Å². The molecule has 0 fully saturated rings. The van der Waals surface area contributed by atoms with Crippen molar-refractivity contribution in [2.75, 3.05) is 12.1 Å². The number of hydrogen-bond acceptors (Lipinski definition) is 7. The monoisotopic (exact) mass is 402 g/mol. The fraction of sp³-hybridized carbons (Fsp3) is 0.278. The third-order valence-corrected chi connectivity index (χ3v) is 6.01. The second-order valence-corrected chi connectivity index (χ2v) is 8.10. The summed E-state index contributed by atoms with van der Waals surface area (Å²) in [5.41, 5.74) is 0.674. The maximum atomic E-state index is 12.6. The summed E-state index contributed by atoms with van der Waals surface area (Å²) in [5.74, 6) is 2.05. The van der Waals surface area contributed by atoms with Crippen molar-refractivity contribution in [1.29, 1.82) is 0 Å². The molecule has 0 bridgehead atoms. The van der Waals surface area contributed by atoms with Crippen molar-refractivity contribution in [3.63, 3.8) is 0 Å². The minimum Gasteiger partial charge on any atom is -0.454 e.